The molecule has 0 saturated carbocycles. The van der Waals surface area contributed by atoms with Gasteiger partial charge in [0.1, 0.15) is 12.1 Å². The molecule has 2 amide bonds. The normalized spacial score (nSPS) is 22.0. The van der Waals surface area contributed by atoms with Crippen LogP contribution in [0.15, 0.2) is 36.4 Å². The Morgan fingerprint density at radius 1 is 1.17 bits per heavy atom. The molecule has 158 valence electrons. The number of urea groups is 1. The van der Waals surface area contributed by atoms with E-state index in [0.29, 0.717) is 5.69 Å². The van der Waals surface area contributed by atoms with Crippen molar-refractivity contribution in [2.45, 2.75) is 38.3 Å². The van der Waals surface area contributed by atoms with Gasteiger partial charge in [0.2, 0.25) is 0 Å². The highest BCUT2D eigenvalue weighted by Crippen LogP contribution is 2.20. The molecular formula is C21H31FN6O. The van der Waals surface area contributed by atoms with E-state index in [-0.39, 0.29) is 30.3 Å². The van der Waals surface area contributed by atoms with Crippen LogP contribution in [0.3, 0.4) is 0 Å². The molecule has 1 aliphatic rings. The second-order valence-corrected chi connectivity index (χ2v) is 7.87. The lowest BCUT2D eigenvalue weighted by molar-refractivity contribution is 0.192. The number of anilines is 1. The number of carbonyl (C=O) groups excluding carboxylic acids is 1. The number of halogens is 1. The highest BCUT2D eigenvalue weighted by atomic mass is 19.1. The molecule has 0 aromatic heterocycles. The van der Waals surface area contributed by atoms with Gasteiger partial charge < -0.3 is 20.9 Å². The Morgan fingerprint density at radius 2 is 1.97 bits per heavy atom. The van der Waals surface area contributed by atoms with E-state index in [1.54, 1.807) is 18.2 Å². The van der Waals surface area contributed by atoms with Crippen LogP contribution in [0.5, 0.6) is 0 Å². The number of nitrogens with one attached hydrogen (secondary N) is 5. The van der Waals surface area contributed by atoms with Crippen molar-refractivity contribution in [3.8, 4) is 0 Å². The number of hydrogen-bond acceptors (Lipinski definition) is 5. The number of fused-ring (bicyclic) bond motifs is 1. The Morgan fingerprint density at radius 3 is 2.76 bits per heavy atom. The second kappa shape index (κ2) is 9.98. The van der Waals surface area contributed by atoms with Crippen molar-refractivity contribution in [3.05, 3.63) is 42.2 Å². The van der Waals surface area contributed by atoms with E-state index < -0.39 is 0 Å². The third-order valence-electron chi connectivity index (χ3n) is 4.92. The van der Waals surface area contributed by atoms with Crippen LogP contribution < -0.4 is 26.6 Å². The van der Waals surface area contributed by atoms with Gasteiger partial charge in [-0.25, -0.2) is 9.18 Å². The van der Waals surface area contributed by atoms with Crippen LogP contribution in [0.1, 0.15) is 19.8 Å². The zero-order valence-electron chi connectivity index (χ0n) is 17.3. The quantitative estimate of drug-likeness (QED) is 0.459. The zero-order chi connectivity index (χ0) is 20.8. The summed E-state index contributed by atoms with van der Waals surface area (Å²) in [6.07, 6.45) is 1.77. The Kier molecular flexibility index (Phi) is 7.38. The van der Waals surface area contributed by atoms with Gasteiger partial charge in [-0.15, -0.1) is 0 Å². The Hall–Kier alpha value is -2.26. The van der Waals surface area contributed by atoms with Crippen LogP contribution in [-0.2, 0) is 0 Å². The van der Waals surface area contributed by atoms with Gasteiger partial charge in [-0.05, 0) is 82.0 Å². The molecule has 1 fully saturated rings. The Balaban J connectivity index is 1.51. The van der Waals surface area contributed by atoms with Crippen molar-refractivity contribution in [1.82, 2.24) is 26.2 Å². The molecule has 0 aliphatic carbocycles. The molecule has 0 spiro atoms. The lowest BCUT2D eigenvalue weighted by atomic mass is 10.1. The topological polar surface area (TPSA) is 80.5 Å². The van der Waals surface area contributed by atoms with E-state index in [4.69, 9.17) is 0 Å². The van der Waals surface area contributed by atoms with Gasteiger partial charge in [-0.2, -0.15) is 0 Å². The number of benzene rings is 2. The minimum atomic E-state index is -0.344. The number of nitrogens with zero attached hydrogens (tertiary/aromatic N) is 1. The summed E-state index contributed by atoms with van der Waals surface area (Å²) in [6.45, 7) is 4.04. The molecule has 3 atom stereocenters. The number of carbonyl (C=O) groups is 1. The monoisotopic (exact) mass is 402 g/mol. The maximum atomic E-state index is 13.4. The summed E-state index contributed by atoms with van der Waals surface area (Å²) in [6, 6.07) is 9.96. The first-order chi connectivity index (χ1) is 13.9. The average Bonchev–Trinajstić information content (AvgIpc) is 2.64. The number of hydrogen-bond donors (Lipinski definition) is 5. The van der Waals surface area contributed by atoms with Crippen LogP contribution in [-0.4, -0.2) is 56.6 Å². The molecule has 3 unspecified atom stereocenters. The van der Waals surface area contributed by atoms with E-state index >= 15 is 0 Å². The van der Waals surface area contributed by atoms with Crippen molar-refractivity contribution in [2.75, 3.05) is 32.5 Å². The maximum Gasteiger partial charge on any atom is 0.321 e. The fourth-order valence-electron chi connectivity index (χ4n) is 3.51. The van der Waals surface area contributed by atoms with Crippen LogP contribution in [0.4, 0.5) is 14.9 Å². The van der Waals surface area contributed by atoms with E-state index in [0.717, 1.165) is 36.7 Å². The third-order valence-corrected chi connectivity index (χ3v) is 4.92. The average molecular weight is 403 g/mol. The first-order valence-corrected chi connectivity index (χ1v) is 10.1. The third kappa shape index (κ3) is 6.64. The molecular weight excluding hydrogens is 371 g/mol. The molecule has 2 aromatic rings. The molecule has 0 radical (unpaired) electrons. The van der Waals surface area contributed by atoms with Crippen LogP contribution in [0.25, 0.3) is 10.8 Å². The minimum absolute atomic E-state index is 0.127. The van der Waals surface area contributed by atoms with E-state index in [2.05, 4.69) is 52.5 Å². The van der Waals surface area contributed by atoms with Crippen LogP contribution in [0, 0.1) is 5.82 Å². The fraction of sp³-hybridized carbons (Fsp3) is 0.476. The van der Waals surface area contributed by atoms with Gasteiger partial charge in [0.15, 0.2) is 0 Å². The summed E-state index contributed by atoms with van der Waals surface area (Å²) in [5.74, 6) is -0.298. The van der Waals surface area contributed by atoms with Gasteiger partial charge >= 0.3 is 6.03 Å². The van der Waals surface area contributed by atoms with Crippen LogP contribution in [0.2, 0.25) is 0 Å². The van der Waals surface area contributed by atoms with Crippen molar-refractivity contribution in [1.29, 1.82) is 0 Å². The highest BCUT2D eigenvalue weighted by molar-refractivity contribution is 5.93. The first-order valence-electron chi connectivity index (χ1n) is 10.1. The summed E-state index contributed by atoms with van der Waals surface area (Å²) in [7, 11) is 4.13. The predicted molar refractivity (Wildman–Crippen MR) is 115 cm³/mol. The van der Waals surface area contributed by atoms with Gasteiger partial charge in [0.25, 0.3) is 0 Å². The second-order valence-electron chi connectivity index (χ2n) is 7.87. The molecule has 29 heavy (non-hydrogen) atoms. The fourth-order valence-corrected chi connectivity index (χ4v) is 3.51. The van der Waals surface area contributed by atoms with Crippen molar-refractivity contribution in [3.63, 3.8) is 0 Å². The molecule has 1 aliphatic heterocycles. The molecule has 0 bridgehead atoms. The first kappa shape index (κ1) is 21.4. The molecule has 1 saturated heterocycles. The van der Waals surface area contributed by atoms with Gasteiger partial charge in [0, 0.05) is 11.7 Å². The van der Waals surface area contributed by atoms with E-state index in [9.17, 15) is 9.18 Å². The molecule has 8 heteroatoms. The molecule has 1 heterocycles. The zero-order valence-corrected chi connectivity index (χ0v) is 17.3. The van der Waals surface area contributed by atoms with E-state index in [1.807, 2.05) is 6.07 Å². The lowest BCUT2D eigenvalue weighted by Gasteiger charge is -2.37. The summed E-state index contributed by atoms with van der Waals surface area (Å²) in [4.78, 5) is 14.6. The van der Waals surface area contributed by atoms with Gasteiger partial charge in [0.05, 0.1) is 6.17 Å². The van der Waals surface area contributed by atoms with Crippen molar-refractivity contribution >= 4 is 22.5 Å². The smallest absolute Gasteiger partial charge is 0.310 e. The predicted octanol–water partition coefficient (Wildman–Crippen LogP) is 2.22. The lowest BCUT2D eigenvalue weighted by Crippen LogP contribution is -2.67. The summed E-state index contributed by atoms with van der Waals surface area (Å²) in [5, 5.41) is 17.6. The SMILES string of the molecule is CC1CC(NCCCN(C)C)NC(NC(=O)Nc2ccc3ccc(F)cc3c2)N1. The number of amides is 2. The molecule has 5 N–H and O–H groups in total. The van der Waals surface area contributed by atoms with Gasteiger partial charge in [-0.1, -0.05) is 12.1 Å². The minimum Gasteiger partial charge on any atom is -0.310 e. The van der Waals surface area contributed by atoms with Crippen LogP contribution >= 0.6 is 0 Å². The summed E-state index contributed by atoms with van der Waals surface area (Å²) < 4.78 is 13.4. The number of rotatable bonds is 7. The van der Waals surface area contributed by atoms with E-state index in [1.165, 1.54) is 12.1 Å². The summed E-state index contributed by atoms with van der Waals surface area (Å²) in [5.41, 5.74) is 0.614. The standard InChI is InChI=1S/C21H31FN6O/c1-14-11-19(23-9-4-10-28(2)3)26-20(24-14)27-21(29)25-18-8-6-15-5-7-17(22)12-16(15)13-18/h5-8,12-14,19-20,23-24,26H,4,9-11H2,1-3H3,(H2,25,27,29). The Labute approximate surface area is 171 Å². The Bertz CT molecular complexity index is 830. The van der Waals surface area contributed by atoms with Crippen molar-refractivity contribution < 1.29 is 9.18 Å². The highest BCUT2D eigenvalue weighted by Gasteiger charge is 2.25. The molecule has 3 rings (SSSR count). The summed E-state index contributed by atoms with van der Waals surface area (Å²) >= 11 is 0. The maximum absolute atomic E-state index is 13.4. The van der Waals surface area contributed by atoms with Crippen molar-refractivity contribution in [2.24, 2.45) is 0 Å². The molecule has 7 nitrogen and oxygen atoms in total. The van der Waals surface area contributed by atoms with Gasteiger partial charge in [-0.3, -0.25) is 10.6 Å². The molecule has 2 aromatic carbocycles. The largest absolute Gasteiger partial charge is 0.321 e.